The van der Waals surface area contributed by atoms with Crippen LogP contribution in [0.15, 0.2) is 65.4 Å². The molecule has 0 amide bonds. The molecule has 4 rings (SSSR count). The standard InChI is InChI=1S/C19H14S2/c1-13-16-8-7-15(18-4-2-10-20-18)12-14(16)6-9-17(13)19-5-3-11-21-19/h2-12H,1H3. The molecule has 0 aliphatic rings. The third-order valence-electron chi connectivity index (χ3n) is 3.88. The van der Waals surface area contributed by atoms with Crippen LogP contribution in [0, 0.1) is 6.92 Å². The predicted octanol–water partition coefficient (Wildman–Crippen LogP) is 6.61. The molecule has 0 saturated heterocycles. The molecular formula is C19H14S2. The molecule has 4 aromatic rings. The molecule has 0 radical (unpaired) electrons. The Morgan fingerprint density at radius 1 is 0.762 bits per heavy atom. The van der Waals surface area contributed by atoms with Gasteiger partial charge in [0.1, 0.15) is 0 Å². The summed E-state index contributed by atoms with van der Waals surface area (Å²) in [5.41, 5.74) is 4.02. The second-order valence-corrected chi connectivity index (χ2v) is 7.02. The Hall–Kier alpha value is -1.90. The summed E-state index contributed by atoms with van der Waals surface area (Å²) in [6.45, 7) is 2.22. The van der Waals surface area contributed by atoms with Crippen molar-refractivity contribution in [2.75, 3.05) is 0 Å². The van der Waals surface area contributed by atoms with Crippen molar-refractivity contribution in [3.8, 4) is 20.9 Å². The van der Waals surface area contributed by atoms with Crippen LogP contribution in [-0.2, 0) is 0 Å². The largest absolute Gasteiger partial charge is 0.144 e. The third kappa shape index (κ3) is 2.21. The highest BCUT2D eigenvalue weighted by atomic mass is 32.1. The Kier molecular flexibility index (Phi) is 3.13. The summed E-state index contributed by atoms with van der Waals surface area (Å²) in [6.07, 6.45) is 0. The molecule has 0 aliphatic carbocycles. The molecule has 102 valence electrons. The van der Waals surface area contributed by atoms with E-state index >= 15 is 0 Å². The van der Waals surface area contributed by atoms with Crippen LogP contribution >= 0.6 is 22.7 Å². The Bertz CT molecular complexity index is 885. The lowest BCUT2D eigenvalue weighted by Crippen LogP contribution is -1.84. The van der Waals surface area contributed by atoms with Crippen molar-refractivity contribution < 1.29 is 0 Å². The molecule has 2 heterocycles. The van der Waals surface area contributed by atoms with Gasteiger partial charge in [0, 0.05) is 9.75 Å². The molecule has 21 heavy (non-hydrogen) atoms. The predicted molar refractivity (Wildman–Crippen MR) is 95.3 cm³/mol. The lowest BCUT2D eigenvalue weighted by molar-refractivity contribution is 1.53. The lowest BCUT2D eigenvalue weighted by Gasteiger charge is -2.09. The minimum absolute atomic E-state index is 1.31. The minimum atomic E-state index is 1.31. The van der Waals surface area contributed by atoms with Gasteiger partial charge < -0.3 is 0 Å². The molecule has 0 bridgehead atoms. The van der Waals surface area contributed by atoms with Crippen LogP contribution in [0.4, 0.5) is 0 Å². The molecule has 0 fully saturated rings. The van der Waals surface area contributed by atoms with Gasteiger partial charge in [0.2, 0.25) is 0 Å². The molecule has 2 aromatic heterocycles. The molecule has 0 spiro atoms. The van der Waals surface area contributed by atoms with Crippen molar-refractivity contribution in [1.82, 2.24) is 0 Å². The zero-order valence-electron chi connectivity index (χ0n) is 11.7. The summed E-state index contributed by atoms with van der Waals surface area (Å²) < 4.78 is 0. The van der Waals surface area contributed by atoms with Crippen LogP contribution in [0.5, 0.6) is 0 Å². The average molecular weight is 306 g/mol. The summed E-state index contributed by atoms with van der Waals surface area (Å²) in [7, 11) is 0. The maximum atomic E-state index is 2.30. The summed E-state index contributed by atoms with van der Waals surface area (Å²) >= 11 is 3.59. The van der Waals surface area contributed by atoms with Gasteiger partial charge in [-0.25, -0.2) is 0 Å². The van der Waals surface area contributed by atoms with E-state index in [0.29, 0.717) is 0 Å². The zero-order chi connectivity index (χ0) is 14.2. The average Bonchev–Trinajstić information content (AvgIpc) is 3.21. The maximum Gasteiger partial charge on any atom is 0.0345 e. The lowest BCUT2D eigenvalue weighted by atomic mass is 9.97. The number of rotatable bonds is 2. The van der Waals surface area contributed by atoms with Gasteiger partial charge in [-0.15, -0.1) is 22.7 Å². The summed E-state index contributed by atoms with van der Waals surface area (Å²) in [5, 5.41) is 6.93. The highest BCUT2D eigenvalue weighted by molar-refractivity contribution is 7.13. The Morgan fingerprint density at radius 2 is 1.52 bits per heavy atom. The van der Waals surface area contributed by atoms with E-state index in [0.717, 1.165) is 0 Å². The van der Waals surface area contributed by atoms with Gasteiger partial charge in [-0.3, -0.25) is 0 Å². The summed E-state index contributed by atoms with van der Waals surface area (Å²) in [6, 6.07) is 19.9. The van der Waals surface area contributed by atoms with Crippen LogP contribution in [0.3, 0.4) is 0 Å². The number of hydrogen-bond acceptors (Lipinski definition) is 2. The Balaban J connectivity index is 1.90. The van der Waals surface area contributed by atoms with Gasteiger partial charge in [-0.1, -0.05) is 36.4 Å². The first-order valence-corrected chi connectivity index (χ1v) is 8.70. The SMILES string of the molecule is Cc1c(-c2cccs2)ccc2cc(-c3cccs3)ccc12. The van der Waals surface area contributed by atoms with E-state index in [-0.39, 0.29) is 0 Å². The van der Waals surface area contributed by atoms with Gasteiger partial charge in [0.15, 0.2) is 0 Å². The molecule has 0 atom stereocenters. The van der Waals surface area contributed by atoms with E-state index in [1.54, 1.807) is 22.7 Å². The summed E-state index contributed by atoms with van der Waals surface area (Å²) in [5.74, 6) is 0. The number of fused-ring (bicyclic) bond motifs is 1. The molecule has 0 saturated carbocycles. The van der Waals surface area contributed by atoms with Crippen LogP contribution < -0.4 is 0 Å². The number of thiophene rings is 2. The van der Waals surface area contributed by atoms with Crippen LogP contribution in [-0.4, -0.2) is 0 Å². The van der Waals surface area contributed by atoms with Gasteiger partial charge in [0.05, 0.1) is 0 Å². The second kappa shape index (κ2) is 5.14. The molecule has 0 aliphatic heterocycles. The fourth-order valence-corrected chi connectivity index (χ4v) is 4.31. The first kappa shape index (κ1) is 12.8. The van der Waals surface area contributed by atoms with E-state index in [1.165, 1.54) is 37.2 Å². The van der Waals surface area contributed by atoms with E-state index in [9.17, 15) is 0 Å². The maximum absolute atomic E-state index is 2.30. The van der Waals surface area contributed by atoms with Gasteiger partial charge in [0.25, 0.3) is 0 Å². The first-order chi connectivity index (χ1) is 10.3. The fourth-order valence-electron chi connectivity index (χ4n) is 2.78. The Morgan fingerprint density at radius 3 is 2.24 bits per heavy atom. The fraction of sp³-hybridized carbons (Fsp3) is 0.0526. The molecule has 0 unspecified atom stereocenters. The molecule has 0 N–H and O–H groups in total. The van der Waals surface area contributed by atoms with E-state index in [2.05, 4.69) is 72.3 Å². The number of aryl methyl sites for hydroxylation is 1. The molecular weight excluding hydrogens is 292 g/mol. The van der Waals surface area contributed by atoms with Crippen molar-refractivity contribution in [2.24, 2.45) is 0 Å². The Labute approximate surface area is 132 Å². The normalized spacial score (nSPS) is 11.1. The smallest absolute Gasteiger partial charge is 0.0345 e. The van der Waals surface area contributed by atoms with Crippen molar-refractivity contribution in [3.05, 3.63) is 70.9 Å². The molecule has 0 nitrogen and oxygen atoms in total. The second-order valence-electron chi connectivity index (χ2n) is 5.13. The van der Waals surface area contributed by atoms with Crippen molar-refractivity contribution in [2.45, 2.75) is 6.92 Å². The van der Waals surface area contributed by atoms with Gasteiger partial charge in [-0.2, -0.15) is 0 Å². The van der Waals surface area contributed by atoms with Gasteiger partial charge in [-0.05, 0) is 63.3 Å². The van der Waals surface area contributed by atoms with E-state index in [4.69, 9.17) is 0 Å². The van der Waals surface area contributed by atoms with Crippen LogP contribution in [0.1, 0.15) is 5.56 Å². The highest BCUT2D eigenvalue weighted by Gasteiger charge is 2.08. The summed E-state index contributed by atoms with van der Waals surface area (Å²) in [4.78, 5) is 2.67. The third-order valence-corrected chi connectivity index (χ3v) is 5.70. The van der Waals surface area contributed by atoms with Gasteiger partial charge >= 0.3 is 0 Å². The monoisotopic (exact) mass is 306 g/mol. The number of hydrogen-bond donors (Lipinski definition) is 0. The highest BCUT2D eigenvalue weighted by Crippen LogP contribution is 2.34. The minimum Gasteiger partial charge on any atom is -0.144 e. The van der Waals surface area contributed by atoms with E-state index in [1.807, 2.05) is 0 Å². The van der Waals surface area contributed by atoms with Crippen LogP contribution in [0.2, 0.25) is 0 Å². The topological polar surface area (TPSA) is 0 Å². The van der Waals surface area contributed by atoms with Crippen molar-refractivity contribution in [1.29, 1.82) is 0 Å². The van der Waals surface area contributed by atoms with Crippen molar-refractivity contribution >= 4 is 33.4 Å². The zero-order valence-corrected chi connectivity index (χ0v) is 13.3. The quantitative estimate of drug-likeness (QED) is 0.391. The molecule has 2 aromatic carbocycles. The number of benzene rings is 2. The first-order valence-electron chi connectivity index (χ1n) is 6.94. The molecule has 2 heteroatoms. The van der Waals surface area contributed by atoms with Crippen LogP contribution in [0.25, 0.3) is 31.7 Å². The van der Waals surface area contributed by atoms with Crippen molar-refractivity contribution in [3.63, 3.8) is 0 Å². The van der Waals surface area contributed by atoms with E-state index < -0.39 is 0 Å².